The summed E-state index contributed by atoms with van der Waals surface area (Å²) < 4.78 is 26.7. The first kappa shape index (κ1) is 19.8. The lowest BCUT2D eigenvalue weighted by Gasteiger charge is -2.25. The number of amides is 1. The lowest BCUT2D eigenvalue weighted by atomic mass is 10.1. The summed E-state index contributed by atoms with van der Waals surface area (Å²) in [7, 11) is -2.16. The van der Waals surface area contributed by atoms with Gasteiger partial charge in [0.15, 0.2) is 0 Å². The lowest BCUT2D eigenvalue weighted by Crippen LogP contribution is -2.47. The smallest absolute Gasteiger partial charge is 0.239 e. The minimum absolute atomic E-state index is 0.217. The minimum Gasteiger partial charge on any atom is -0.324 e. The molecule has 7 nitrogen and oxygen atoms in total. The molecule has 0 spiro atoms. The van der Waals surface area contributed by atoms with E-state index in [2.05, 4.69) is 16.2 Å². The van der Waals surface area contributed by atoms with Crippen molar-refractivity contribution in [2.24, 2.45) is 0 Å². The number of benzene rings is 1. The molecule has 1 saturated heterocycles. The summed E-state index contributed by atoms with van der Waals surface area (Å²) in [5, 5.41) is 2.23. The zero-order chi connectivity index (χ0) is 18.9. The van der Waals surface area contributed by atoms with Crippen molar-refractivity contribution in [1.82, 2.24) is 15.2 Å². The van der Waals surface area contributed by atoms with Crippen molar-refractivity contribution in [2.75, 3.05) is 18.9 Å². The summed E-state index contributed by atoms with van der Waals surface area (Å²) in [6.07, 6.45) is 0. The summed E-state index contributed by atoms with van der Waals surface area (Å²) in [5.41, 5.74) is 9.66. The van der Waals surface area contributed by atoms with Crippen molar-refractivity contribution in [1.29, 1.82) is 0 Å². The molecule has 3 N–H and O–H groups in total. The van der Waals surface area contributed by atoms with Gasteiger partial charge in [-0.2, -0.15) is 4.31 Å². The number of nitrogens with one attached hydrogen (secondary N) is 3. The number of carbonyl (C=O) groups excluding carboxylic acids is 1. The minimum atomic E-state index is -3.60. The summed E-state index contributed by atoms with van der Waals surface area (Å²) in [5.74, 6) is -0.347. The van der Waals surface area contributed by atoms with E-state index in [4.69, 9.17) is 0 Å². The van der Waals surface area contributed by atoms with Crippen LogP contribution in [0.4, 0.5) is 5.69 Å². The molecule has 0 saturated carbocycles. The highest BCUT2D eigenvalue weighted by atomic mass is 32.2. The third-order valence-electron chi connectivity index (χ3n) is 4.61. The molecular weight excluding hydrogens is 340 g/mol. The van der Waals surface area contributed by atoms with Gasteiger partial charge in [-0.15, -0.1) is 0 Å². The number of hydrogen-bond donors (Lipinski definition) is 3. The number of hydrogen-bond acceptors (Lipinski definition) is 5. The van der Waals surface area contributed by atoms with Crippen molar-refractivity contribution in [3.8, 4) is 0 Å². The summed E-state index contributed by atoms with van der Waals surface area (Å²) in [6.45, 7) is 9.25. The van der Waals surface area contributed by atoms with E-state index in [1.807, 2.05) is 46.8 Å². The summed E-state index contributed by atoms with van der Waals surface area (Å²) in [6, 6.07) is 3.52. The molecule has 0 radical (unpaired) electrons. The third kappa shape index (κ3) is 4.20. The van der Waals surface area contributed by atoms with Gasteiger partial charge < -0.3 is 5.32 Å². The molecule has 140 valence electrons. The number of aryl methyl sites for hydroxylation is 3. The molecule has 2 unspecified atom stereocenters. The number of nitrogens with zero attached hydrogens (tertiary/aromatic N) is 1. The highest BCUT2D eigenvalue weighted by Crippen LogP contribution is 2.22. The van der Waals surface area contributed by atoms with Crippen molar-refractivity contribution in [3.05, 3.63) is 28.8 Å². The molecule has 25 heavy (non-hydrogen) atoms. The Morgan fingerprint density at radius 3 is 2.08 bits per heavy atom. The Morgan fingerprint density at radius 2 is 1.60 bits per heavy atom. The predicted octanol–water partition coefficient (Wildman–Crippen LogP) is 1.07. The first-order valence-electron chi connectivity index (χ1n) is 8.38. The molecule has 0 aromatic heterocycles. The van der Waals surface area contributed by atoms with E-state index in [1.165, 1.54) is 7.05 Å². The van der Waals surface area contributed by atoms with Gasteiger partial charge in [-0.25, -0.2) is 8.42 Å². The van der Waals surface area contributed by atoms with Crippen molar-refractivity contribution >= 4 is 21.6 Å². The quantitative estimate of drug-likeness (QED) is 0.723. The van der Waals surface area contributed by atoms with E-state index in [0.29, 0.717) is 0 Å². The molecular formula is C17H28N4O3S. The van der Waals surface area contributed by atoms with Crippen LogP contribution in [0, 0.1) is 20.8 Å². The maximum Gasteiger partial charge on any atom is 0.239 e. The first-order valence-corrected chi connectivity index (χ1v) is 9.88. The Labute approximate surface area is 150 Å². The van der Waals surface area contributed by atoms with Gasteiger partial charge in [-0.05, 0) is 45.7 Å². The van der Waals surface area contributed by atoms with Crippen LogP contribution in [0.5, 0.6) is 0 Å². The van der Waals surface area contributed by atoms with Gasteiger partial charge in [0, 0.05) is 24.8 Å². The van der Waals surface area contributed by atoms with Crippen LogP contribution in [-0.2, 0) is 14.8 Å². The number of carbonyl (C=O) groups is 1. The monoisotopic (exact) mass is 368 g/mol. The average Bonchev–Trinajstić information content (AvgIpc) is 2.82. The van der Waals surface area contributed by atoms with Gasteiger partial charge in [0.25, 0.3) is 0 Å². The number of rotatable bonds is 5. The van der Waals surface area contributed by atoms with Gasteiger partial charge in [-0.3, -0.25) is 15.6 Å². The molecule has 1 aromatic rings. The molecule has 1 amide bonds. The van der Waals surface area contributed by atoms with E-state index >= 15 is 0 Å². The standard InChI is InChI=1S/C17H28N4O3S/c1-10-7-11(2)16(12(3)8-10)18-15(22)9-21(6)25(23,24)17-13(4)19-20-14(17)5/h7-8,13-14,17,19-20H,9H2,1-6H3,(H,18,22). The first-order chi connectivity index (χ1) is 11.5. The summed E-state index contributed by atoms with van der Waals surface area (Å²) >= 11 is 0. The average molecular weight is 369 g/mol. The molecule has 2 atom stereocenters. The second-order valence-electron chi connectivity index (χ2n) is 6.95. The van der Waals surface area contributed by atoms with Gasteiger partial charge in [0.05, 0.1) is 6.54 Å². The van der Waals surface area contributed by atoms with Crippen LogP contribution in [0.1, 0.15) is 30.5 Å². The van der Waals surface area contributed by atoms with Crippen LogP contribution in [0.3, 0.4) is 0 Å². The van der Waals surface area contributed by atoms with Crippen LogP contribution in [0.25, 0.3) is 0 Å². The zero-order valence-electron chi connectivity index (χ0n) is 15.7. The Morgan fingerprint density at radius 1 is 1.12 bits per heavy atom. The molecule has 0 bridgehead atoms. The van der Waals surface area contributed by atoms with E-state index in [0.717, 1.165) is 26.7 Å². The molecule has 0 aliphatic carbocycles. The van der Waals surface area contributed by atoms with Crippen LogP contribution >= 0.6 is 0 Å². The number of anilines is 1. The fourth-order valence-electron chi connectivity index (χ4n) is 3.43. The molecule has 1 fully saturated rings. The van der Waals surface area contributed by atoms with E-state index < -0.39 is 15.3 Å². The van der Waals surface area contributed by atoms with Crippen molar-refractivity contribution in [3.63, 3.8) is 0 Å². The Balaban J connectivity index is 2.10. The molecule has 1 aliphatic rings. The van der Waals surface area contributed by atoms with Crippen LogP contribution in [0.15, 0.2) is 12.1 Å². The Kier molecular flexibility index (Phi) is 5.88. The van der Waals surface area contributed by atoms with Gasteiger partial charge >= 0.3 is 0 Å². The number of likely N-dealkylation sites (N-methyl/N-ethyl adjacent to an activating group) is 1. The van der Waals surface area contributed by atoms with Gasteiger partial charge in [0.2, 0.25) is 15.9 Å². The number of hydrazine groups is 1. The molecule has 8 heteroatoms. The highest BCUT2D eigenvalue weighted by molar-refractivity contribution is 7.89. The third-order valence-corrected chi connectivity index (χ3v) is 7.11. The van der Waals surface area contributed by atoms with E-state index in [9.17, 15) is 13.2 Å². The molecule has 1 aromatic carbocycles. The second-order valence-corrected chi connectivity index (χ2v) is 9.15. The van der Waals surface area contributed by atoms with Crippen LogP contribution in [0.2, 0.25) is 0 Å². The summed E-state index contributed by atoms with van der Waals surface area (Å²) in [4.78, 5) is 12.4. The molecule has 1 heterocycles. The Bertz CT molecular complexity index is 730. The van der Waals surface area contributed by atoms with E-state index in [-0.39, 0.29) is 24.5 Å². The van der Waals surface area contributed by atoms with Crippen LogP contribution < -0.4 is 16.2 Å². The maximum absolute atomic E-state index is 12.8. The van der Waals surface area contributed by atoms with Gasteiger partial charge in [-0.1, -0.05) is 17.7 Å². The fraction of sp³-hybridized carbons (Fsp3) is 0.588. The normalized spacial score (nSPS) is 23.9. The van der Waals surface area contributed by atoms with Crippen molar-refractivity contribution in [2.45, 2.75) is 52.0 Å². The maximum atomic E-state index is 12.8. The lowest BCUT2D eigenvalue weighted by molar-refractivity contribution is -0.116. The second kappa shape index (κ2) is 7.41. The molecule has 1 aliphatic heterocycles. The fourth-order valence-corrected chi connectivity index (χ4v) is 5.31. The highest BCUT2D eigenvalue weighted by Gasteiger charge is 2.42. The largest absolute Gasteiger partial charge is 0.324 e. The molecule has 2 rings (SSSR count). The Hall–Kier alpha value is -1.48. The van der Waals surface area contributed by atoms with Gasteiger partial charge in [0.1, 0.15) is 5.25 Å². The predicted molar refractivity (Wildman–Crippen MR) is 99.8 cm³/mol. The van der Waals surface area contributed by atoms with Crippen molar-refractivity contribution < 1.29 is 13.2 Å². The van der Waals surface area contributed by atoms with E-state index in [1.54, 1.807) is 0 Å². The van der Waals surface area contributed by atoms with Crippen LogP contribution in [-0.4, -0.2) is 49.6 Å². The zero-order valence-corrected chi connectivity index (χ0v) is 16.5. The SMILES string of the molecule is Cc1cc(C)c(NC(=O)CN(C)S(=O)(=O)C2C(C)NNC2C)c(C)c1. The number of sulfonamides is 1. The topological polar surface area (TPSA) is 90.5 Å².